The van der Waals surface area contributed by atoms with Crippen molar-refractivity contribution in [1.82, 2.24) is 4.90 Å². The van der Waals surface area contributed by atoms with Crippen LogP contribution in [0.4, 0.5) is 0 Å². The average molecular weight is 488 g/mol. The van der Waals surface area contributed by atoms with E-state index in [2.05, 4.69) is 78.6 Å². The summed E-state index contributed by atoms with van der Waals surface area (Å²) in [7, 11) is 4.23. The van der Waals surface area contributed by atoms with Gasteiger partial charge >= 0.3 is 162 Å². The van der Waals surface area contributed by atoms with E-state index in [1.165, 1.54) is 16.3 Å². The summed E-state index contributed by atoms with van der Waals surface area (Å²) < 4.78 is 6.27. The van der Waals surface area contributed by atoms with E-state index in [0.29, 0.717) is 6.04 Å². The third-order valence-corrected chi connectivity index (χ3v) is 6.67. The first-order valence-electron chi connectivity index (χ1n) is 9.50. The van der Waals surface area contributed by atoms with E-state index < -0.39 is 0 Å². The SMILES string of the molecule is C=C[C@](C)(CCC=C(C)C)O[Se][C]1[CH][CH][CH][C]1[C@@H](C)N(C)C.[CH]1[CH][CH][CH][CH]1.[Fe+2]. The zero-order chi connectivity index (χ0) is 20.3. The summed E-state index contributed by atoms with van der Waals surface area (Å²) in [6, 6.07) is 0.413. The number of nitrogens with zero attached hydrogens (tertiary/aromatic N) is 1. The van der Waals surface area contributed by atoms with Crippen molar-refractivity contribution in [3.05, 3.63) is 86.4 Å². The summed E-state index contributed by atoms with van der Waals surface area (Å²) in [5.41, 5.74) is 1.11. The smallest absolute Gasteiger partial charge is 0.0312 e. The predicted molar refractivity (Wildman–Crippen MR) is 118 cm³/mol. The maximum atomic E-state index is 6.27. The first-order chi connectivity index (χ1) is 12.8. The van der Waals surface area contributed by atoms with Crippen molar-refractivity contribution in [2.75, 3.05) is 14.1 Å². The van der Waals surface area contributed by atoms with Crippen molar-refractivity contribution in [3.8, 4) is 0 Å². The number of allylic oxidation sites excluding steroid dienone is 2. The molecule has 10 radical (unpaired) electrons. The van der Waals surface area contributed by atoms with Crippen molar-refractivity contribution >= 4 is 15.3 Å². The second kappa shape index (κ2) is 15.3. The molecule has 28 heavy (non-hydrogen) atoms. The zero-order valence-corrected chi connectivity index (χ0v) is 20.9. The van der Waals surface area contributed by atoms with Gasteiger partial charge < -0.3 is 0 Å². The fraction of sp³-hybridized carbons (Fsp3) is 0.417. The van der Waals surface area contributed by atoms with Crippen molar-refractivity contribution in [1.29, 1.82) is 0 Å². The van der Waals surface area contributed by atoms with E-state index in [4.69, 9.17) is 3.82 Å². The first kappa shape index (κ1) is 28.4. The van der Waals surface area contributed by atoms with Crippen molar-refractivity contribution in [2.24, 2.45) is 0 Å². The van der Waals surface area contributed by atoms with Crippen LogP contribution in [0.3, 0.4) is 0 Å². The van der Waals surface area contributed by atoms with Gasteiger partial charge in [-0.1, -0.05) is 0 Å². The van der Waals surface area contributed by atoms with Crippen LogP contribution in [0.15, 0.2) is 24.3 Å². The summed E-state index contributed by atoms with van der Waals surface area (Å²) in [6.45, 7) is 12.6. The standard InChI is InChI=1S/C19H30NOSe.C5H5.Fe/c1-8-19(5,14-10-11-15(2)3)21-22-18-13-9-12-17(18)16(4)20(6)7;1-2-4-5-3-1;/h8-9,11-13,16H,1,10,14H2,2-7H3;1-5H;/q;;+2/t16-,19-;;/m1../s1. The van der Waals surface area contributed by atoms with Crippen LogP contribution in [-0.4, -0.2) is 45.9 Å². The van der Waals surface area contributed by atoms with Gasteiger partial charge in [-0.15, -0.1) is 0 Å². The fourth-order valence-electron chi connectivity index (χ4n) is 2.40. The molecule has 0 bridgehead atoms. The first-order valence-corrected chi connectivity index (χ1v) is 11.1. The Kier molecular flexibility index (Phi) is 15.5. The van der Waals surface area contributed by atoms with E-state index in [1.54, 1.807) is 0 Å². The topological polar surface area (TPSA) is 12.5 Å². The van der Waals surface area contributed by atoms with Crippen LogP contribution in [0, 0.1) is 62.1 Å². The molecule has 2 saturated carbocycles. The van der Waals surface area contributed by atoms with Crippen molar-refractivity contribution in [3.63, 3.8) is 0 Å². The largest absolute Gasteiger partial charge is 2.00 e. The van der Waals surface area contributed by atoms with Gasteiger partial charge in [0.25, 0.3) is 0 Å². The molecule has 0 spiro atoms. The molecule has 0 aliphatic heterocycles. The van der Waals surface area contributed by atoms with Crippen LogP contribution in [0.2, 0.25) is 0 Å². The number of hydrogen-bond donors (Lipinski definition) is 0. The molecule has 2 atom stereocenters. The van der Waals surface area contributed by atoms with Crippen molar-refractivity contribution < 1.29 is 20.9 Å². The molecule has 0 aromatic heterocycles. The van der Waals surface area contributed by atoms with Gasteiger partial charge in [0.05, 0.1) is 0 Å². The van der Waals surface area contributed by atoms with Crippen LogP contribution < -0.4 is 0 Å². The van der Waals surface area contributed by atoms with Gasteiger partial charge in [-0.3, -0.25) is 0 Å². The summed E-state index contributed by atoms with van der Waals surface area (Å²) in [5, 5.41) is 0. The Hall–Kier alpha value is 0.439. The summed E-state index contributed by atoms with van der Waals surface area (Å²) >= 11 is 0.0109. The molecule has 2 aliphatic carbocycles. The second-order valence-electron chi connectivity index (χ2n) is 7.45. The summed E-state index contributed by atoms with van der Waals surface area (Å²) in [4.78, 5) is 3.57. The van der Waals surface area contributed by atoms with Crippen LogP contribution in [0.1, 0.15) is 40.5 Å². The number of hydrogen-bond acceptors (Lipinski definition) is 2. The predicted octanol–water partition coefficient (Wildman–Crippen LogP) is 5.02. The molecule has 0 unspecified atom stereocenters. The molecule has 154 valence electrons. The monoisotopic (exact) mass is 489 g/mol. The molecule has 2 aliphatic rings. The minimum Gasteiger partial charge on any atom is -0.0312 e. The van der Waals surface area contributed by atoms with Gasteiger partial charge in [-0.2, -0.15) is 0 Å². The van der Waals surface area contributed by atoms with E-state index in [0.717, 1.165) is 12.8 Å². The van der Waals surface area contributed by atoms with E-state index >= 15 is 0 Å². The van der Waals surface area contributed by atoms with E-state index in [1.807, 2.05) is 38.2 Å². The average Bonchev–Trinajstić information content (AvgIpc) is 3.33. The minimum absolute atomic E-state index is 0. The summed E-state index contributed by atoms with van der Waals surface area (Å²) in [6.07, 6.45) is 22.7. The van der Waals surface area contributed by atoms with Gasteiger partial charge in [-0.25, -0.2) is 0 Å². The molecule has 4 heteroatoms. The van der Waals surface area contributed by atoms with Crippen LogP contribution >= 0.6 is 0 Å². The fourth-order valence-corrected chi connectivity index (χ4v) is 4.29. The molecule has 0 amide bonds. The Labute approximate surface area is 193 Å². The molecule has 0 heterocycles. The zero-order valence-electron chi connectivity index (χ0n) is 18.1. The van der Waals surface area contributed by atoms with Gasteiger partial charge in [0.1, 0.15) is 0 Å². The van der Waals surface area contributed by atoms with Gasteiger partial charge in [0.2, 0.25) is 0 Å². The molecular weight excluding hydrogens is 453 g/mol. The molecular formula is C24H35FeNOSe+2. The van der Waals surface area contributed by atoms with E-state index in [-0.39, 0.29) is 38.0 Å². The number of rotatable bonds is 9. The minimum atomic E-state index is -0.248. The Morgan fingerprint density at radius 2 is 1.71 bits per heavy atom. The van der Waals surface area contributed by atoms with Gasteiger partial charge in [0, 0.05) is 0 Å². The normalized spacial score (nSPS) is 20.7. The molecule has 0 N–H and O–H groups in total. The van der Waals surface area contributed by atoms with Crippen LogP contribution in [0.25, 0.3) is 0 Å². The molecule has 2 fully saturated rings. The maximum Gasteiger partial charge on any atom is 2.00 e. The molecule has 0 aromatic rings. The third kappa shape index (κ3) is 11.0. The Bertz CT molecular complexity index is 438. The molecule has 2 rings (SSSR count). The maximum absolute atomic E-state index is 6.27. The summed E-state index contributed by atoms with van der Waals surface area (Å²) in [5.74, 6) is 1.38. The van der Waals surface area contributed by atoms with E-state index in [9.17, 15) is 0 Å². The second-order valence-corrected chi connectivity index (χ2v) is 9.07. The molecule has 2 nitrogen and oxygen atoms in total. The van der Waals surface area contributed by atoms with Crippen molar-refractivity contribution in [2.45, 2.75) is 52.2 Å². The van der Waals surface area contributed by atoms with Gasteiger partial charge in [0.15, 0.2) is 0 Å². The Morgan fingerprint density at radius 1 is 1.14 bits per heavy atom. The third-order valence-electron chi connectivity index (χ3n) is 4.54. The Morgan fingerprint density at radius 3 is 2.18 bits per heavy atom. The Balaban J connectivity index is 0.00000105. The van der Waals surface area contributed by atoms with Gasteiger partial charge in [-0.05, 0) is 32.1 Å². The quantitative estimate of drug-likeness (QED) is 0.334. The molecule has 0 aromatic carbocycles. The van der Waals surface area contributed by atoms with Crippen LogP contribution in [-0.2, 0) is 20.9 Å². The molecule has 0 saturated heterocycles. The van der Waals surface area contributed by atoms with Crippen LogP contribution in [0.5, 0.6) is 0 Å².